The Morgan fingerprint density at radius 2 is 2.19 bits per heavy atom. The number of benzene rings is 1. The molecule has 0 unspecified atom stereocenters. The van der Waals surface area contributed by atoms with E-state index in [2.05, 4.69) is 12.2 Å². The van der Waals surface area contributed by atoms with Gasteiger partial charge in [0.15, 0.2) is 0 Å². The summed E-state index contributed by atoms with van der Waals surface area (Å²) < 4.78 is 25.0. The Kier molecular flexibility index (Phi) is 4.26. The molecule has 1 aromatic carbocycles. The second kappa shape index (κ2) is 5.09. The summed E-state index contributed by atoms with van der Waals surface area (Å²) in [6.45, 7) is 0.00415. The number of sulfonamides is 1. The van der Waals surface area contributed by atoms with Gasteiger partial charge in [-0.15, -0.1) is 0 Å². The lowest BCUT2D eigenvalue weighted by Gasteiger charge is -2.16. The molecular weight excluding hydrogens is 268 g/mol. The zero-order chi connectivity index (χ0) is 12.3. The van der Waals surface area contributed by atoms with Gasteiger partial charge in [-0.1, -0.05) is 29.9 Å². The minimum absolute atomic E-state index is 0.00415. The van der Waals surface area contributed by atoms with Crippen LogP contribution in [-0.4, -0.2) is 31.3 Å². The fourth-order valence-electron chi connectivity index (χ4n) is 1.11. The summed E-state index contributed by atoms with van der Waals surface area (Å²) in [5, 5.41) is 0.366. The molecule has 2 N–H and O–H groups in total. The largest absolute Gasteiger partial charge is 0.392 e. The molecule has 0 fully saturated rings. The van der Waals surface area contributed by atoms with E-state index in [9.17, 15) is 8.42 Å². The van der Waals surface area contributed by atoms with Crippen LogP contribution in [0.2, 0.25) is 5.02 Å². The highest BCUT2D eigenvalue weighted by Gasteiger charge is 2.21. The molecule has 0 heterocycles. The first-order chi connectivity index (χ1) is 7.34. The highest BCUT2D eigenvalue weighted by molar-refractivity contribution is 7.89. The molecule has 0 aliphatic heterocycles. The Bertz CT molecular complexity index is 502. The standard InChI is InChI=1S/C9H11ClN2O2S2/c1-12(6-9(11)15)16(13,14)8-4-2-3-7(10)5-8/h2-5H,6H2,1H3,(H2,11,15). The van der Waals surface area contributed by atoms with Gasteiger partial charge in [-0.3, -0.25) is 0 Å². The second-order valence-corrected chi connectivity index (χ2v) is 6.19. The fraction of sp³-hybridized carbons (Fsp3) is 0.222. The van der Waals surface area contributed by atoms with Crippen LogP contribution in [0.25, 0.3) is 0 Å². The number of likely N-dealkylation sites (N-methyl/N-ethyl adjacent to an activating group) is 1. The van der Waals surface area contributed by atoms with Gasteiger partial charge in [0.2, 0.25) is 10.0 Å². The maximum absolute atomic E-state index is 12.0. The molecule has 0 spiro atoms. The normalized spacial score (nSPS) is 11.7. The summed E-state index contributed by atoms with van der Waals surface area (Å²) in [6.07, 6.45) is 0. The molecule has 88 valence electrons. The third-order valence-electron chi connectivity index (χ3n) is 1.88. The van der Waals surface area contributed by atoms with Crippen molar-refractivity contribution in [2.45, 2.75) is 4.90 Å². The molecule has 7 heteroatoms. The number of nitrogens with zero attached hydrogens (tertiary/aromatic N) is 1. The number of thiocarbonyl (C=S) groups is 1. The van der Waals surface area contributed by atoms with Gasteiger partial charge in [-0.05, 0) is 18.2 Å². The first-order valence-corrected chi connectivity index (χ1v) is 6.57. The van der Waals surface area contributed by atoms with E-state index in [4.69, 9.17) is 17.3 Å². The number of rotatable bonds is 4. The second-order valence-electron chi connectivity index (χ2n) is 3.18. The van der Waals surface area contributed by atoms with Crippen molar-refractivity contribution in [3.05, 3.63) is 29.3 Å². The van der Waals surface area contributed by atoms with E-state index < -0.39 is 10.0 Å². The van der Waals surface area contributed by atoms with E-state index in [0.717, 1.165) is 4.31 Å². The third kappa shape index (κ3) is 3.15. The molecule has 0 radical (unpaired) electrons. The van der Waals surface area contributed by atoms with Gasteiger partial charge in [0.1, 0.15) is 0 Å². The van der Waals surface area contributed by atoms with Crippen molar-refractivity contribution >= 4 is 38.8 Å². The van der Waals surface area contributed by atoms with Gasteiger partial charge in [0, 0.05) is 12.1 Å². The van der Waals surface area contributed by atoms with Crippen LogP contribution in [0.3, 0.4) is 0 Å². The predicted octanol–water partition coefficient (Wildman–Crippen LogP) is 1.25. The molecule has 0 saturated heterocycles. The average Bonchev–Trinajstić information content (AvgIpc) is 2.16. The van der Waals surface area contributed by atoms with Crippen LogP contribution < -0.4 is 5.73 Å². The van der Waals surface area contributed by atoms with Crippen LogP contribution >= 0.6 is 23.8 Å². The number of nitrogens with two attached hydrogens (primary N) is 1. The Morgan fingerprint density at radius 1 is 1.56 bits per heavy atom. The Labute approximate surface area is 105 Å². The van der Waals surface area contributed by atoms with Crippen molar-refractivity contribution in [3.8, 4) is 0 Å². The van der Waals surface area contributed by atoms with Gasteiger partial charge >= 0.3 is 0 Å². The Morgan fingerprint density at radius 3 is 2.69 bits per heavy atom. The highest BCUT2D eigenvalue weighted by atomic mass is 35.5. The highest BCUT2D eigenvalue weighted by Crippen LogP contribution is 2.18. The van der Waals surface area contributed by atoms with Crippen LogP contribution in [0, 0.1) is 0 Å². The van der Waals surface area contributed by atoms with Crippen LogP contribution in [0.15, 0.2) is 29.2 Å². The minimum atomic E-state index is -3.58. The molecule has 0 aromatic heterocycles. The smallest absolute Gasteiger partial charge is 0.243 e. The molecule has 4 nitrogen and oxygen atoms in total. The number of hydrogen-bond acceptors (Lipinski definition) is 3. The van der Waals surface area contributed by atoms with E-state index in [1.807, 2.05) is 0 Å². The summed E-state index contributed by atoms with van der Waals surface area (Å²) >= 11 is 10.4. The Balaban J connectivity index is 3.07. The molecule has 0 amide bonds. The SMILES string of the molecule is CN(CC(N)=S)S(=O)(=O)c1cccc(Cl)c1. The summed E-state index contributed by atoms with van der Waals surface area (Å²) in [5.74, 6) is 0. The maximum Gasteiger partial charge on any atom is 0.243 e. The van der Waals surface area contributed by atoms with Gasteiger partial charge < -0.3 is 5.73 Å². The van der Waals surface area contributed by atoms with E-state index in [1.54, 1.807) is 12.1 Å². The molecule has 0 saturated carbocycles. The molecule has 1 rings (SSSR count). The summed E-state index contributed by atoms with van der Waals surface area (Å²) in [6, 6.07) is 6.03. The summed E-state index contributed by atoms with van der Waals surface area (Å²) in [4.78, 5) is 0.242. The van der Waals surface area contributed by atoms with Crippen molar-refractivity contribution in [2.24, 2.45) is 5.73 Å². The zero-order valence-corrected chi connectivity index (χ0v) is 10.9. The molecule has 16 heavy (non-hydrogen) atoms. The molecule has 0 aliphatic carbocycles. The molecular formula is C9H11ClN2O2S2. The molecule has 0 atom stereocenters. The van der Waals surface area contributed by atoms with Crippen molar-refractivity contribution in [2.75, 3.05) is 13.6 Å². The van der Waals surface area contributed by atoms with E-state index in [-0.39, 0.29) is 16.4 Å². The maximum atomic E-state index is 12.0. The lowest BCUT2D eigenvalue weighted by Crippen LogP contribution is -2.34. The van der Waals surface area contributed by atoms with Crippen molar-refractivity contribution in [3.63, 3.8) is 0 Å². The zero-order valence-electron chi connectivity index (χ0n) is 8.55. The topological polar surface area (TPSA) is 63.4 Å². The van der Waals surface area contributed by atoms with Crippen LogP contribution in [0.4, 0.5) is 0 Å². The molecule has 0 bridgehead atoms. The molecule has 0 aliphatic rings. The number of halogens is 1. The minimum Gasteiger partial charge on any atom is -0.392 e. The quantitative estimate of drug-likeness (QED) is 0.842. The third-order valence-corrected chi connectivity index (χ3v) is 4.05. The fourth-order valence-corrected chi connectivity index (χ4v) is 2.84. The number of hydrogen-bond donors (Lipinski definition) is 1. The van der Waals surface area contributed by atoms with E-state index in [1.165, 1.54) is 19.2 Å². The first-order valence-electron chi connectivity index (χ1n) is 4.34. The monoisotopic (exact) mass is 278 g/mol. The first kappa shape index (κ1) is 13.4. The van der Waals surface area contributed by atoms with Crippen molar-refractivity contribution < 1.29 is 8.42 Å². The predicted molar refractivity (Wildman–Crippen MR) is 68.1 cm³/mol. The van der Waals surface area contributed by atoms with E-state index >= 15 is 0 Å². The van der Waals surface area contributed by atoms with Crippen LogP contribution in [-0.2, 0) is 10.0 Å². The van der Waals surface area contributed by atoms with Gasteiger partial charge in [0.25, 0.3) is 0 Å². The van der Waals surface area contributed by atoms with Gasteiger partial charge in [0.05, 0.1) is 16.4 Å². The average molecular weight is 279 g/mol. The van der Waals surface area contributed by atoms with Gasteiger partial charge in [-0.25, -0.2) is 8.42 Å². The van der Waals surface area contributed by atoms with Crippen LogP contribution in [0.5, 0.6) is 0 Å². The lowest BCUT2D eigenvalue weighted by atomic mass is 10.4. The van der Waals surface area contributed by atoms with E-state index in [0.29, 0.717) is 5.02 Å². The summed E-state index contributed by atoms with van der Waals surface area (Å²) in [7, 11) is -2.16. The summed E-state index contributed by atoms with van der Waals surface area (Å²) in [5.41, 5.74) is 5.30. The van der Waals surface area contributed by atoms with Crippen molar-refractivity contribution in [1.29, 1.82) is 0 Å². The lowest BCUT2D eigenvalue weighted by molar-refractivity contribution is 0.506. The Hall–Kier alpha value is -0.690. The molecule has 1 aromatic rings. The van der Waals surface area contributed by atoms with Crippen molar-refractivity contribution in [1.82, 2.24) is 4.31 Å². The van der Waals surface area contributed by atoms with Crippen LogP contribution in [0.1, 0.15) is 0 Å². The van der Waals surface area contributed by atoms with Gasteiger partial charge in [-0.2, -0.15) is 4.31 Å².